The highest BCUT2D eigenvalue weighted by atomic mass is 19.1. The third-order valence-corrected chi connectivity index (χ3v) is 3.54. The fraction of sp³-hybridized carbons (Fsp3) is 0.500. The van der Waals surface area contributed by atoms with Gasteiger partial charge < -0.3 is 4.74 Å². The minimum absolute atomic E-state index is 0.0105. The third kappa shape index (κ3) is 3.31. The van der Waals surface area contributed by atoms with Crippen LogP contribution in [0.4, 0.5) is 10.1 Å². The summed E-state index contributed by atoms with van der Waals surface area (Å²) in [6, 6.07) is 3.04. The van der Waals surface area contributed by atoms with Gasteiger partial charge in [0.1, 0.15) is 6.10 Å². The SMILES string of the molecule is CC1CCCC(OC(=O)c2ccc(F)c([N+](=O)[O-])c2)C1. The van der Waals surface area contributed by atoms with Gasteiger partial charge in [0.2, 0.25) is 5.82 Å². The van der Waals surface area contributed by atoms with Crippen molar-refractivity contribution in [2.75, 3.05) is 0 Å². The van der Waals surface area contributed by atoms with Gasteiger partial charge in [-0.2, -0.15) is 4.39 Å². The van der Waals surface area contributed by atoms with Gasteiger partial charge in [-0.1, -0.05) is 13.3 Å². The van der Waals surface area contributed by atoms with E-state index >= 15 is 0 Å². The Kier molecular flexibility index (Phi) is 4.32. The molecule has 2 unspecified atom stereocenters. The van der Waals surface area contributed by atoms with Crippen LogP contribution in [0, 0.1) is 21.8 Å². The van der Waals surface area contributed by atoms with Crippen LogP contribution in [-0.2, 0) is 4.74 Å². The fourth-order valence-electron chi connectivity index (χ4n) is 2.48. The quantitative estimate of drug-likeness (QED) is 0.483. The van der Waals surface area contributed by atoms with Crippen LogP contribution in [0.25, 0.3) is 0 Å². The molecule has 6 heteroatoms. The molecular formula is C14H16FNO4. The minimum atomic E-state index is -0.960. The molecule has 0 aliphatic heterocycles. The summed E-state index contributed by atoms with van der Waals surface area (Å²) in [5.74, 6) is -1.09. The van der Waals surface area contributed by atoms with E-state index in [-0.39, 0.29) is 11.7 Å². The Hall–Kier alpha value is -1.98. The van der Waals surface area contributed by atoms with E-state index in [2.05, 4.69) is 6.92 Å². The lowest BCUT2D eigenvalue weighted by molar-refractivity contribution is -0.387. The van der Waals surface area contributed by atoms with Crippen LogP contribution in [0.3, 0.4) is 0 Å². The summed E-state index contributed by atoms with van der Waals surface area (Å²) in [6.07, 6.45) is 3.57. The molecule has 1 aliphatic rings. The standard InChI is InChI=1S/C14H16FNO4/c1-9-3-2-4-11(7-9)20-14(17)10-5-6-12(15)13(8-10)16(18)19/h5-6,8-9,11H,2-4,7H2,1H3. The van der Waals surface area contributed by atoms with E-state index in [0.717, 1.165) is 37.8 Å². The first-order chi connectivity index (χ1) is 9.47. The molecule has 0 amide bonds. The summed E-state index contributed by atoms with van der Waals surface area (Å²) < 4.78 is 18.5. The van der Waals surface area contributed by atoms with Crippen molar-refractivity contribution < 1.29 is 18.8 Å². The van der Waals surface area contributed by atoms with Crippen molar-refractivity contribution in [3.63, 3.8) is 0 Å². The molecule has 2 rings (SSSR count). The zero-order valence-electron chi connectivity index (χ0n) is 11.2. The van der Waals surface area contributed by atoms with Crippen molar-refractivity contribution in [3.05, 3.63) is 39.7 Å². The molecule has 1 aromatic carbocycles. The average Bonchev–Trinajstić information content (AvgIpc) is 2.38. The van der Waals surface area contributed by atoms with Crippen molar-refractivity contribution >= 4 is 11.7 Å². The maximum absolute atomic E-state index is 13.2. The number of benzene rings is 1. The van der Waals surface area contributed by atoms with Gasteiger partial charge in [-0.05, 0) is 37.3 Å². The number of carbonyl (C=O) groups is 1. The monoisotopic (exact) mass is 281 g/mol. The van der Waals surface area contributed by atoms with Crippen LogP contribution in [0.1, 0.15) is 43.0 Å². The van der Waals surface area contributed by atoms with E-state index in [1.54, 1.807) is 0 Å². The van der Waals surface area contributed by atoms with Crippen molar-refractivity contribution in [3.8, 4) is 0 Å². The van der Waals surface area contributed by atoms with Crippen molar-refractivity contribution in [1.29, 1.82) is 0 Å². The maximum atomic E-state index is 13.2. The molecule has 5 nitrogen and oxygen atoms in total. The van der Waals surface area contributed by atoms with Gasteiger partial charge in [-0.3, -0.25) is 10.1 Å². The molecule has 0 aromatic heterocycles. The summed E-state index contributed by atoms with van der Waals surface area (Å²) in [6.45, 7) is 2.10. The van der Waals surface area contributed by atoms with Gasteiger partial charge in [0.05, 0.1) is 10.5 Å². The topological polar surface area (TPSA) is 69.4 Å². The second kappa shape index (κ2) is 5.98. The van der Waals surface area contributed by atoms with E-state index < -0.39 is 22.4 Å². The second-order valence-corrected chi connectivity index (χ2v) is 5.22. The zero-order valence-corrected chi connectivity index (χ0v) is 11.2. The minimum Gasteiger partial charge on any atom is -0.459 e. The molecule has 0 saturated heterocycles. The van der Waals surface area contributed by atoms with Crippen LogP contribution in [-0.4, -0.2) is 17.0 Å². The molecular weight excluding hydrogens is 265 g/mol. The number of rotatable bonds is 3. The first kappa shape index (κ1) is 14.4. The summed E-state index contributed by atoms with van der Waals surface area (Å²) in [7, 11) is 0. The fourth-order valence-corrected chi connectivity index (χ4v) is 2.48. The zero-order chi connectivity index (χ0) is 14.7. The average molecular weight is 281 g/mol. The molecule has 2 atom stereocenters. The van der Waals surface area contributed by atoms with Crippen molar-refractivity contribution in [2.24, 2.45) is 5.92 Å². The third-order valence-electron chi connectivity index (χ3n) is 3.54. The Bertz CT molecular complexity index is 532. The summed E-state index contributed by atoms with van der Waals surface area (Å²) in [5, 5.41) is 10.6. The molecule has 108 valence electrons. The molecule has 0 radical (unpaired) electrons. The molecule has 1 aliphatic carbocycles. The molecule has 1 aromatic rings. The van der Waals surface area contributed by atoms with Crippen molar-refractivity contribution in [1.82, 2.24) is 0 Å². The van der Waals surface area contributed by atoms with Crippen LogP contribution in [0.15, 0.2) is 18.2 Å². The Labute approximate surface area is 115 Å². The van der Waals surface area contributed by atoms with E-state index in [1.165, 1.54) is 6.07 Å². The molecule has 1 fully saturated rings. The number of ether oxygens (including phenoxy) is 1. The Morgan fingerprint density at radius 2 is 2.20 bits per heavy atom. The molecule has 0 spiro atoms. The van der Waals surface area contributed by atoms with Gasteiger partial charge in [0.25, 0.3) is 0 Å². The van der Waals surface area contributed by atoms with Gasteiger partial charge in [0.15, 0.2) is 0 Å². The molecule has 0 heterocycles. The normalized spacial score (nSPS) is 22.3. The van der Waals surface area contributed by atoms with Crippen molar-refractivity contribution in [2.45, 2.75) is 38.7 Å². The highest BCUT2D eigenvalue weighted by Gasteiger charge is 2.24. The number of hydrogen-bond donors (Lipinski definition) is 0. The number of nitrogens with zero attached hydrogens (tertiary/aromatic N) is 1. The van der Waals surface area contributed by atoms with Gasteiger partial charge in [-0.25, -0.2) is 4.79 Å². The van der Waals surface area contributed by atoms with Crippen LogP contribution in [0.2, 0.25) is 0 Å². The second-order valence-electron chi connectivity index (χ2n) is 5.22. The highest BCUT2D eigenvalue weighted by molar-refractivity contribution is 5.90. The summed E-state index contributed by atoms with van der Waals surface area (Å²) in [5.41, 5.74) is -0.701. The maximum Gasteiger partial charge on any atom is 0.338 e. The first-order valence-electron chi connectivity index (χ1n) is 6.62. The lowest BCUT2D eigenvalue weighted by Gasteiger charge is -2.26. The van der Waals surface area contributed by atoms with Gasteiger partial charge in [-0.15, -0.1) is 0 Å². The number of esters is 1. The Morgan fingerprint density at radius 1 is 1.45 bits per heavy atom. The number of nitro benzene ring substituents is 1. The lowest BCUT2D eigenvalue weighted by atomic mass is 9.89. The van der Waals surface area contributed by atoms with Crippen LogP contribution in [0.5, 0.6) is 0 Å². The Balaban J connectivity index is 2.09. The molecule has 0 bridgehead atoms. The van der Waals surface area contributed by atoms with E-state index in [9.17, 15) is 19.3 Å². The number of carbonyl (C=O) groups excluding carboxylic acids is 1. The van der Waals surface area contributed by atoms with Crippen LogP contribution < -0.4 is 0 Å². The van der Waals surface area contributed by atoms with E-state index in [1.807, 2.05) is 0 Å². The van der Waals surface area contributed by atoms with Gasteiger partial charge in [0, 0.05) is 6.07 Å². The highest BCUT2D eigenvalue weighted by Crippen LogP contribution is 2.27. The van der Waals surface area contributed by atoms with Crippen LogP contribution >= 0.6 is 0 Å². The molecule has 1 saturated carbocycles. The van der Waals surface area contributed by atoms with E-state index in [0.29, 0.717) is 5.92 Å². The first-order valence-corrected chi connectivity index (χ1v) is 6.62. The number of hydrogen-bond acceptors (Lipinski definition) is 4. The predicted octanol–water partition coefficient (Wildman–Crippen LogP) is 3.47. The lowest BCUT2D eigenvalue weighted by Crippen LogP contribution is -2.24. The largest absolute Gasteiger partial charge is 0.459 e. The van der Waals surface area contributed by atoms with Gasteiger partial charge >= 0.3 is 11.7 Å². The number of halogens is 1. The smallest absolute Gasteiger partial charge is 0.338 e. The summed E-state index contributed by atoms with van der Waals surface area (Å²) in [4.78, 5) is 21.7. The Morgan fingerprint density at radius 3 is 2.85 bits per heavy atom. The predicted molar refractivity (Wildman–Crippen MR) is 69.9 cm³/mol. The molecule has 0 N–H and O–H groups in total. The van der Waals surface area contributed by atoms with E-state index in [4.69, 9.17) is 4.74 Å². The summed E-state index contributed by atoms with van der Waals surface area (Å²) >= 11 is 0. The molecule has 20 heavy (non-hydrogen) atoms. The number of nitro groups is 1.